The largest absolute Gasteiger partial charge is 0.478 e. The molecule has 0 aliphatic rings. The molecule has 0 unspecified atom stereocenters. The van der Waals surface area contributed by atoms with Gasteiger partial charge in [0, 0.05) is 5.41 Å². The molecule has 7 nitrogen and oxygen atoms in total. The van der Waals surface area contributed by atoms with Crippen molar-refractivity contribution in [2.24, 2.45) is 10.2 Å². The number of aromatic hydroxyl groups is 1. The van der Waals surface area contributed by atoms with E-state index in [1.54, 1.807) is 6.92 Å². The van der Waals surface area contributed by atoms with Gasteiger partial charge in [-0.25, -0.2) is 9.22 Å². The summed E-state index contributed by atoms with van der Waals surface area (Å²) in [6.07, 6.45) is 0. The number of azo groups is 1. The fourth-order valence-corrected chi connectivity index (χ4v) is 2.17. The van der Waals surface area contributed by atoms with Gasteiger partial charge in [-0.15, -0.1) is 10.2 Å². The van der Waals surface area contributed by atoms with Gasteiger partial charge in [-0.05, 0) is 18.5 Å². The molecular formula is C12H13N5O2S. The Morgan fingerprint density at radius 1 is 1.35 bits per heavy atom. The minimum absolute atomic E-state index is 0.180. The predicted molar refractivity (Wildman–Crippen MR) is 74.2 cm³/mol. The summed E-state index contributed by atoms with van der Waals surface area (Å²) >= 11 is 1.08. The highest BCUT2D eigenvalue weighted by molar-refractivity contribution is 7.10. The van der Waals surface area contributed by atoms with Crippen molar-refractivity contribution in [3.05, 3.63) is 22.8 Å². The summed E-state index contributed by atoms with van der Waals surface area (Å²) in [5, 5.41) is 21.8. The third kappa shape index (κ3) is 2.53. The SMILES string of the molecule is [C-]#[N+]c1c(C)nsc1N=Nc1c(C(C)(C)C)noc1O. The molecule has 2 rings (SSSR count). The Morgan fingerprint density at radius 3 is 2.65 bits per heavy atom. The molecule has 2 aromatic heterocycles. The fraction of sp³-hybridized carbons (Fsp3) is 0.417. The number of aromatic nitrogens is 2. The van der Waals surface area contributed by atoms with Crippen molar-refractivity contribution in [2.45, 2.75) is 33.1 Å². The Morgan fingerprint density at radius 2 is 2.05 bits per heavy atom. The first-order valence-corrected chi connectivity index (χ1v) is 6.56. The zero-order valence-corrected chi connectivity index (χ0v) is 12.3. The van der Waals surface area contributed by atoms with Crippen molar-refractivity contribution in [1.82, 2.24) is 9.53 Å². The molecule has 1 N–H and O–H groups in total. The average molecular weight is 291 g/mol. The third-order valence-corrected chi connectivity index (χ3v) is 3.34. The maximum Gasteiger partial charge on any atom is 0.337 e. The maximum absolute atomic E-state index is 9.65. The maximum atomic E-state index is 9.65. The van der Waals surface area contributed by atoms with Gasteiger partial charge < -0.3 is 9.63 Å². The Hall–Kier alpha value is -2.27. The second-order valence-corrected chi connectivity index (χ2v) is 5.92. The first-order chi connectivity index (χ1) is 9.34. The van der Waals surface area contributed by atoms with Gasteiger partial charge in [0.05, 0.1) is 12.3 Å². The molecule has 0 atom stereocenters. The monoisotopic (exact) mass is 291 g/mol. The molecule has 0 fully saturated rings. The fourth-order valence-electron chi connectivity index (χ4n) is 1.50. The zero-order chi connectivity index (χ0) is 14.9. The van der Waals surface area contributed by atoms with Crippen molar-refractivity contribution in [1.29, 1.82) is 0 Å². The van der Waals surface area contributed by atoms with E-state index < -0.39 is 0 Å². The van der Waals surface area contributed by atoms with E-state index in [4.69, 9.17) is 11.1 Å². The van der Waals surface area contributed by atoms with Gasteiger partial charge in [0.25, 0.3) is 0 Å². The smallest absolute Gasteiger partial charge is 0.337 e. The number of rotatable bonds is 2. The number of nitrogens with zero attached hydrogens (tertiary/aromatic N) is 5. The van der Waals surface area contributed by atoms with Crippen LogP contribution in [0.3, 0.4) is 0 Å². The predicted octanol–water partition coefficient (Wildman–Crippen LogP) is 4.41. The Labute approximate surface area is 119 Å². The number of hydrogen-bond donors (Lipinski definition) is 1. The van der Waals surface area contributed by atoms with Crippen molar-refractivity contribution in [2.75, 3.05) is 0 Å². The Balaban J connectivity index is 2.43. The second-order valence-electron chi connectivity index (χ2n) is 5.17. The van der Waals surface area contributed by atoms with Crippen LogP contribution in [-0.4, -0.2) is 14.6 Å². The van der Waals surface area contributed by atoms with Gasteiger partial charge in [0.15, 0.2) is 10.7 Å². The van der Waals surface area contributed by atoms with E-state index in [0.29, 0.717) is 22.1 Å². The van der Waals surface area contributed by atoms with Gasteiger partial charge in [-0.2, -0.15) is 0 Å². The van der Waals surface area contributed by atoms with E-state index >= 15 is 0 Å². The average Bonchev–Trinajstić information content (AvgIpc) is 2.89. The Bertz CT molecular complexity index is 702. The molecule has 0 aromatic carbocycles. The van der Waals surface area contributed by atoms with E-state index in [9.17, 15) is 5.11 Å². The highest BCUT2D eigenvalue weighted by Crippen LogP contribution is 2.41. The second kappa shape index (κ2) is 5.02. The molecule has 0 saturated carbocycles. The first-order valence-electron chi connectivity index (χ1n) is 5.79. The number of hydrogen-bond acceptors (Lipinski definition) is 7. The van der Waals surface area contributed by atoms with Crippen LogP contribution in [0, 0.1) is 13.5 Å². The van der Waals surface area contributed by atoms with E-state index in [2.05, 4.69) is 24.6 Å². The van der Waals surface area contributed by atoms with Gasteiger partial charge in [-0.3, -0.25) is 0 Å². The van der Waals surface area contributed by atoms with Crippen LogP contribution in [0.15, 0.2) is 14.8 Å². The first kappa shape index (κ1) is 14.1. The van der Waals surface area contributed by atoms with Crippen molar-refractivity contribution < 1.29 is 9.63 Å². The summed E-state index contributed by atoms with van der Waals surface area (Å²) in [4.78, 5) is 3.37. The lowest BCUT2D eigenvalue weighted by Crippen LogP contribution is -2.11. The Kier molecular flexibility index (Phi) is 3.55. The van der Waals surface area contributed by atoms with Crippen LogP contribution in [0.5, 0.6) is 5.95 Å². The molecule has 0 bridgehead atoms. The van der Waals surface area contributed by atoms with Gasteiger partial charge >= 0.3 is 5.95 Å². The topological polar surface area (TPSA) is 88.2 Å². The molecule has 0 saturated heterocycles. The molecule has 20 heavy (non-hydrogen) atoms. The molecular weight excluding hydrogens is 278 g/mol. The van der Waals surface area contributed by atoms with E-state index in [1.807, 2.05) is 20.8 Å². The van der Waals surface area contributed by atoms with Crippen LogP contribution in [-0.2, 0) is 5.41 Å². The normalized spacial score (nSPS) is 11.9. The lowest BCUT2D eigenvalue weighted by atomic mass is 9.91. The standard InChI is InChI=1S/C12H13N5O2S/c1-6-7(13-5)10(20-17-6)15-14-8-9(12(2,3)4)16-19-11(8)18/h18H,1-4H3. The van der Waals surface area contributed by atoms with Crippen LogP contribution in [0.2, 0.25) is 0 Å². The van der Waals surface area contributed by atoms with E-state index in [0.717, 1.165) is 11.5 Å². The van der Waals surface area contributed by atoms with Crippen LogP contribution in [0.1, 0.15) is 32.2 Å². The van der Waals surface area contributed by atoms with Crippen molar-refractivity contribution in [3.8, 4) is 5.95 Å². The summed E-state index contributed by atoms with van der Waals surface area (Å²) in [5.41, 5.74) is 1.32. The minimum atomic E-state index is -0.385. The molecule has 0 spiro atoms. The molecule has 2 heterocycles. The van der Waals surface area contributed by atoms with E-state index in [1.165, 1.54) is 0 Å². The van der Waals surface area contributed by atoms with Crippen LogP contribution in [0.25, 0.3) is 4.85 Å². The molecule has 0 aliphatic heterocycles. The summed E-state index contributed by atoms with van der Waals surface area (Å²) in [6, 6.07) is 0. The lowest BCUT2D eigenvalue weighted by molar-refractivity contribution is 0.273. The quantitative estimate of drug-likeness (QED) is 0.655. The summed E-state index contributed by atoms with van der Waals surface area (Å²) in [5.74, 6) is -0.385. The number of aryl methyl sites for hydroxylation is 1. The molecule has 0 radical (unpaired) electrons. The minimum Gasteiger partial charge on any atom is -0.478 e. The third-order valence-electron chi connectivity index (χ3n) is 2.53. The van der Waals surface area contributed by atoms with Crippen LogP contribution in [0.4, 0.5) is 16.4 Å². The summed E-state index contributed by atoms with van der Waals surface area (Å²) in [6.45, 7) is 14.6. The van der Waals surface area contributed by atoms with Gasteiger partial charge in [0.1, 0.15) is 5.69 Å². The zero-order valence-electron chi connectivity index (χ0n) is 11.5. The molecule has 0 aliphatic carbocycles. The molecule has 0 amide bonds. The highest BCUT2D eigenvalue weighted by Gasteiger charge is 2.26. The molecule has 8 heteroatoms. The van der Waals surface area contributed by atoms with Gasteiger partial charge in [-0.1, -0.05) is 25.9 Å². The molecule has 2 aromatic rings. The van der Waals surface area contributed by atoms with Crippen molar-refractivity contribution >= 4 is 27.9 Å². The van der Waals surface area contributed by atoms with Crippen LogP contribution < -0.4 is 0 Å². The highest BCUT2D eigenvalue weighted by atomic mass is 32.1. The van der Waals surface area contributed by atoms with Crippen LogP contribution >= 0.6 is 11.5 Å². The van der Waals surface area contributed by atoms with Gasteiger partial charge in [0.2, 0.25) is 5.69 Å². The summed E-state index contributed by atoms with van der Waals surface area (Å²) < 4.78 is 8.81. The van der Waals surface area contributed by atoms with E-state index in [-0.39, 0.29) is 17.0 Å². The summed E-state index contributed by atoms with van der Waals surface area (Å²) in [7, 11) is 0. The van der Waals surface area contributed by atoms with Crippen molar-refractivity contribution in [3.63, 3.8) is 0 Å². The molecule has 104 valence electrons. The lowest BCUT2D eigenvalue weighted by Gasteiger charge is -2.13.